The quantitative estimate of drug-likeness (QED) is 0.810. The molecule has 1 N–H and O–H groups in total. The third kappa shape index (κ3) is 3.52. The minimum Gasteiger partial charge on any atom is -0.504 e. The van der Waals surface area contributed by atoms with E-state index in [0.29, 0.717) is 23.5 Å². The molecular formula is C17H24N2O4. The summed E-state index contributed by atoms with van der Waals surface area (Å²) in [6.45, 7) is 3.07. The first-order chi connectivity index (χ1) is 11.2. The van der Waals surface area contributed by atoms with Crippen molar-refractivity contribution < 1.29 is 19.3 Å². The van der Waals surface area contributed by atoms with Gasteiger partial charge in [-0.3, -0.25) is 0 Å². The number of methoxy groups -OCH3 is 3. The highest BCUT2D eigenvalue weighted by Crippen LogP contribution is 2.46. The summed E-state index contributed by atoms with van der Waals surface area (Å²) < 4.78 is 18.0. The van der Waals surface area contributed by atoms with Crippen molar-refractivity contribution >= 4 is 0 Å². The molecule has 6 nitrogen and oxygen atoms in total. The number of imidazole rings is 1. The average molecular weight is 320 g/mol. The Morgan fingerprint density at radius 3 is 2.48 bits per heavy atom. The van der Waals surface area contributed by atoms with Crippen LogP contribution in [0.1, 0.15) is 31.2 Å². The van der Waals surface area contributed by atoms with E-state index in [1.54, 1.807) is 19.4 Å². The molecule has 6 heteroatoms. The maximum atomic E-state index is 10.5. The fraction of sp³-hybridized carbons (Fsp3) is 0.471. The van der Waals surface area contributed by atoms with Crippen molar-refractivity contribution in [3.8, 4) is 23.0 Å². The molecule has 0 fully saturated rings. The fourth-order valence-corrected chi connectivity index (χ4v) is 2.54. The summed E-state index contributed by atoms with van der Waals surface area (Å²) >= 11 is 0. The van der Waals surface area contributed by atoms with Crippen LogP contribution >= 0.6 is 0 Å². The van der Waals surface area contributed by atoms with E-state index in [4.69, 9.17) is 14.2 Å². The second-order valence-corrected chi connectivity index (χ2v) is 5.22. The van der Waals surface area contributed by atoms with Gasteiger partial charge in [-0.25, -0.2) is 4.98 Å². The number of phenolic OH excluding ortho intramolecular Hbond substituents is 1. The zero-order valence-electron chi connectivity index (χ0n) is 14.1. The molecule has 1 heterocycles. The van der Waals surface area contributed by atoms with Gasteiger partial charge in [-0.15, -0.1) is 0 Å². The number of nitrogens with zero attached hydrogens (tertiary/aromatic N) is 2. The van der Waals surface area contributed by atoms with E-state index >= 15 is 0 Å². The highest BCUT2D eigenvalue weighted by atomic mass is 16.5. The monoisotopic (exact) mass is 320 g/mol. The normalized spacial score (nSPS) is 10.6. The molecule has 1 aromatic carbocycles. The Labute approximate surface area is 136 Å². The average Bonchev–Trinajstić information content (AvgIpc) is 3.01. The molecular weight excluding hydrogens is 296 g/mol. The number of hydrogen-bond acceptors (Lipinski definition) is 5. The van der Waals surface area contributed by atoms with E-state index in [1.807, 2.05) is 6.20 Å². The summed E-state index contributed by atoms with van der Waals surface area (Å²) in [6, 6.07) is 1.76. The largest absolute Gasteiger partial charge is 0.504 e. The zero-order chi connectivity index (χ0) is 16.8. The lowest BCUT2D eigenvalue weighted by Crippen LogP contribution is -2.05. The first kappa shape index (κ1) is 17.0. The van der Waals surface area contributed by atoms with Crippen LogP contribution in [0.2, 0.25) is 0 Å². The first-order valence-electron chi connectivity index (χ1n) is 7.67. The zero-order valence-corrected chi connectivity index (χ0v) is 14.1. The highest BCUT2D eigenvalue weighted by molar-refractivity contribution is 5.62. The Kier molecular flexibility index (Phi) is 5.73. The topological polar surface area (TPSA) is 65.7 Å². The number of aryl methyl sites for hydroxylation is 1. The fourth-order valence-electron chi connectivity index (χ4n) is 2.54. The van der Waals surface area contributed by atoms with Crippen LogP contribution in [0.4, 0.5) is 0 Å². The van der Waals surface area contributed by atoms with Crippen LogP contribution in [0.25, 0.3) is 0 Å². The molecule has 0 aliphatic heterocycles. The van der Waals surface area contributed by atoms with E-state index in [1.165, 1.54) is 14.2 Å². The van der Waals surface area contributed by atoms with Crippen LogP contribution in [-0.2, 0) is 13.0 Å². The molecule has 0 aliphatic carbocycles. The smallest absolute Gasteiger partial charge is 0.207 e. The molecule has 0 aliphatic rings. The lowest BCUT2D eigenvalue weighted by Gasteiger charge is -2.16. The molecule has 0 saturated carbocycles. The van der Waals surface area contributed by atoms with E-state index in [9.17, 15) is 5.11 Å². The Hall–Kier alpha value is -2.37. The standard InChI is InChI=1S/C17H24N2O4/c1-5-6-8-19-9-7-18-14(19)11-12-10-13(21-2)16(22-3)17(23-4)15(12)20/h7,9-10,20H,5-6,8,11H2,1-4H3. The number of phenols is 1. The molecule has 0 saturated heterocycles. The van der Waals surface area contributed by atoms with Crippen molar-refractivity contribution in [2.75, 3.05) is 21.3 Å². The maximum absolute atomic E-state index is 10.5. The van der Waals surface area contributed by atoms with Gasteiger partial charge in [0.25, 0.3) is 0 Å². The van der Waals surface area contributed by atoms with Crippen LogP contribution in [0.3, 0.4) is 0 Å². The summed E-state index contributed by atoms with van der Waals surface area (Å²) in [5.41, 5.74) is 0.684. The molecule has 23 heavy (non-hydrogen) atoms. The van der Waals surface area contributed by atoms with Crippen LogP contribution < -0.4 is 14.2 Å². The molecule has 0 unspecified atom stereocenters. The lowest BCUT2D eigenvalue weighted by atomic mass is 10.1. The van der Waals surface area contributed by atoms with Gasteiger partial charge < -0.3 is 23.9 Å². The van der Waals surface area contributed by atoms with Crippen LogP contribution in [-0.4, -0.2) is 36.0 Å². The number of benzene rings is 1. The number of ether oxygens (including phenoxy) is 3. The van der Waals surface area contributed by atoms with E-state index in [0.717, 1.165) is 25.2 Å². The molecule has 0 radical (unpaired) electrons. The van der Waals surface area contributed by atoms with Gasteiger partial charge in [-0.2, -0.15) is 0 Å². The molecule has 0 atom stereocenters. The Bertz CT molecular complexity index is 652. The third-order valence-corrected chi connectivity index (χ3v) is 3.79. The van der Waals surface area contributed by atoms with Crippen molar-refractivity contribution in [1.29, 1.82) is 0 Å². The van der Waals surface area contributed by atoms with Gasteiger partial charge in [0, 0.05) is 30.9 Å². The van der Waals surface area contributed by atoms with Gasteiger partial charge in [0.15, 0.2) is 11.5 Å². The van der Waals surface area contributed by atoms with Crippen molar-refractivity contribution in [2.24, 2.45) is 0 Å². The third-order valence-electron chi connectivity index (χ3n) is 3.79. The van der Waals surface area contributed by atoms with Crippen molar-refractivity contribution in [1.82, 2.24) is 9.55 Å². The number of rotatable bonds is 8. The van der Waals surface area contributed by atoms with Crippen molar-refractivity contribution in [2.45, 2.75) is 32.7 Å². The minimum absolute atomic E-state index is 0.0511. The van der Waals surface area contributed by atoms with Gasteiger partial charge in [0.2, 0.25) is 11.5 Å². The molecule has 0 spiro atoms. The van der Waals surface area contributed by atoms with E-state index in [-0.39, 0.29) is 11.5 Å². The number of aromatic nitrogens is 2. The number of unbranched alkanes of at least 4 members (excludes halogenated alkanes) is 1. The molecule has 1 aromatic heterocycles. The van der Waals surface area contributed by atoms with E-state index < -0.39 is 0 Å². The van der Waals surface area contributed by atoms with Crippen LogP contribution in [0, 0.1) is 0 Å². The number of aromatic hydroxyl groups is 1. The summed E-state index contributed by atoms with van der Waals surface area (Å²) in [6.07, 6.45) is 6.43. The van der Waals surface area contributed by atoms with Gasteiger partial charge in [-0.1, -0.05) is 13.3 Å². The summed E-state index contributed by atoms with van der Waals surface area (Å²) in [5.74, 6) is 2.11. The summed E-state index contributed by atoms with van der Waals surface area (Å²) in [4.78, 5) is 4.40. The number of hydrogen-bond donors (Lipinski definition) is 1. The van der Waals surface area contributed by atoms with E-state index in [2.05, 4.69) is 16.5 Å². The molecule has 2 rings (SSSR count). The van der Waals surface area contributed by atoms with Crippen molar-refractivity contribution in [3.63, 3.8) is 0 Å². The second kappa shape index (κ2) is 7.76. The minimum atomic E-state index is 0.0511. The maximum Gasteiger partial charge on any atom is 0.207 e. The molecule has 0 bridgehead atoms. The first-order valence-corrected chi connectivity index (χ1v) is 7.67. The van der Waals surface area contributed by atoms with Gasteiger partial charge in [0.1, 0.15) is 5.82 Å². The summed E-state index contributed by atoms with van der Waals surface area (Å²) in [5, 5.41) is 10.5. The molecule has 126 valence electrons. The SMILES string of the molecule is CCCCn1ccnc1Cc1cc(OC)c(OC)c(OC)c1O. The summed E-state index contributed by atoms with van der Waals surface area (Å²) in [7, 11) is 4.56. The van der Waals surface area contributed by atoms with Crippen LogP contribution in [0.5, 0.6) is 23.0 Å². The Morgan fingerprint density at radius 2 is 1.87 bits per heavy atom. The predicted octanol–water partition coefficient (Wildman–Crippen LogP) is 3.01. The van der Waals surface area contributed by atoms with Gasteiger partial charge >= 0.3 is 0 Å². The van der Waals surface area contributed by atoms with Gasteiger partial charge in [-0.05, 0) is 12.5 Å². The highest BCUT2D eigenvalue weighted by Gasteiger charge is 2.21. The molecule has 2 aromatic rings. The molecule has 0 amide bonds. The van der Waals surface area contributed by atoms with Gasteiger partial charge in [0.05, 0.1) is 21.3 Å². The second-order valence-electron chi connectivity index (χ2n) is 5.22. The lowest BCUT2D eigenvalue weighted by molar-refractivity contribution is 0.309. The van der Waals surface area contributed by atoms with Crippen molar-refractivity contribution in [3.05, 3.63) is 29.8 Å². The van der Waals surface area contributed by atoms with Crippen LogP contribution in [0.15, 0.2) is 18.5 Å². The Morgan fingerprint density at radius 1 is 1.13 bits per heavy atom. The predicted molar refractivity (Wildman–Crippen MR) is 87.7 cm³/mol. The Balaban J connectivity index is 2.38.